The van der Waals surface area contributed by atoms with Crippen LogP contribution < -0.4 is 5.32 Å². The molecular weight excluding hydrogens is 270 g/mol. The van der Waals surface area contributed by atoms with Gasteiger partial charge in [0.25, 0.3) is 0 Å². The number of rotatable bonds is 6. The molecule has 2 rings (SSSR count). The molecule has 0 aliphatic heterocycles. The van der Waals surface area contributed by atoms with Crippen molar-refractivity contribution in [1.29, 1.82) is 0 Å². The Kier molecular flexibility index (Phi) is 4.89. The van der Waals surface area contributed by atoms with Crippen molar-refractivity contribution < 1.29 is 9.90 Å². The second-order valence-electron chi connectivity index (χ2n) is 5.46. The smallest absolute Gasteiger partial charge is 0.244 e. The largest absolute Gasteiger partial charge is 0.388 e. The number of benzene rings is 1. The summed E-state index contributed by atoms with van der Waals surface area (Å²) in [6.45, 7) is 2.10. The summed E-state index contributed by atoms with van der Waals surface area (Å²) in [4.78, 5) is 12.9. The molecule has 0 heterocycles. The van der Waals surface area contributed by atoms with Crippen LogP contribution >= 0.6 is 11.8 Å². The lowest BCUT2D eigenvalue weighted by molar-refractivity contribution is -0.117. The minimum atomic E-state index is -0.774. The Labute approximate surface area is 124 Å². The molecule has 0 radical (unpaired) electrons. The molecule has 0 bridgehead atoms. The van der Waals surface area contributed by atoms with Crippen LogP contribution in [0.5, 0.6) is 0 Å². The molecule has 108 valence electrons. The Morgan fingerprint density at radius 1 is 1.45 bits per heavy atom. The van der Waals surface area contributed by atoms with Crippen LogP contribution in [0.15, 0.2) is 35.2 Å². The van der Waals surface area contributed by atoms with Gasteiger partial charge in [0.05, 0.1) is 5.60 Å². The summed E-state index contributed by atoms with van der Waals surface area (Å²) in [7, 11) is 0. The van der Waals surface area contributed by atoms with Crippen molar-refractivity contribution >= 4 is 23.7 Å². The number of hydrogen-bond donors (Lipinski definition) is 2. The first-order valence-corrected chi connectivity index (χ1v) is 8.06. The molecule has 20 heavy (non-hydrogen) atoms. The van der Waals surface area contributed by atoms with Crippen LogP contribution in [0.2, 0.25) is 0 Å². The Morgan fingerprint density at radius 3 is 2.65 bits per heavy atom. The molecule has 0 saturated heterocycles. The Bertz CT molecular complexity index is 490. The van der Waals surface area contributed by atoms with Crippen LogP contribution in [-0.4, -0.2) is 29.4 Å². The molecule has 1 aliphatic rings. The molecule has 1 aromatic carbocycles. The Hall–Kier alpha value is -1.26. The monoisotopic (exact) mass is 291 g/mol. The van der Waals surface area contributed by atoms with Crippen molar-refractivity contribution in [3.8, 4) is 0 Å². The quantitative estimate of drug-likeness (QED) is 0.626. The molecule has 4 heteroatoms. The highest BCUT2D eigenvalue weighted by Gasteiger charge is 2.39. The standard InChI is InChI=1S/C16H21NO2S/c1-16(19,13-6-7-13)11-17-15(18)10-5-12-3-8-14(20-2)9-4-12/h3-5,8-10,13,19H,6-7,11H2,1-2H3,(H,17,18)/b10-5+/t16-/m0/s1. The fourth-order valence-electron chi connectivity index (χ4n) is 2.06. The Balaban J connectivity index is 1.82. The molecule has 1 fully saturated rings. The number of thioether (sulfide) groups is 1. The molecule has 0 aromatic heterocycles. The second kappa shape index (κ2) is 6.46. The maximum atomic E-state index is 11.7. The van der Waals surface area contributed by atoms with Crippen LogP contribution in [0.3, 0.4) is 0 Å². The van der Waals surface area contributed by atoms with Gasteiger partial charge < -0.3 is 10.4 Å². The van der Waals surface area contributed by atoms with E-state index in [1.54, 1.807) is 24.8 Å². The van der Waals surface area contributed by atoms with Gasteiger partial charge in [-0.3, -0.25) is 4.79 Å². The van der Waals surface area contributed by atoms with Crippen LogP contribution in [0.1, 0.15) is 25.3 Å². The van der Waals surface area contributed by atoms with Gasteiger partial charge >= 0.3 is 0 Å². The van der Waals surface area contributed by atoms with Gasteiger partial charge in [0.2, 0.25) is 5.91 Å². The van der Waals surface area contributed by atoms with Gasteiger partial charge in [-0.15, -0.1) is 11.8 Å². The lowest BCUT2D eigenvalue weighted by Gasteiger charge is -2.22. The van der Waals surface area contributed by atoms with Crippen LogP contribution in [0, 0.1) is 5.92 Å². The molecule has 1 atom stereocenters. The normalized spacial score (nSPS) is 17.9. The maximum absolute atomic E-state index is 11.7. The van der Waals surface area contributed by atoms with E-state index < -0.39 is 5.60 Å². The highest BCUT2D eigenvalue weighted by atomic mass is 32.2. The zero-order valence-electron chi connectivity index (χ0n) is 11.9. The van der Waals surface area contributed by atoms with Crippen molar-refractivity contribution in [2.24, 2.45) is 5.92 Å². The summed E-state index contributed by atoms with van der Waals surface area (Å²) < 4.78 is 0. The summed E-state index contributed by atoms with van der Waals surface area (Å²) in [5.74, 6) is 0.172. The van der Waals surface area contributed by atoms with Gasteiger partial charge in [0, 0.05) is 17.5 Å². The van der Waals surface area contributed by atoms with Crippen LogP contribution in [-0.2, 0) is 4.79 Å². The van der Waals surface area contributed by atoms with Gasteiger partial charge in [-0.25, -0.2) is 0 Å². The van der Waals surface area contributed by atoms with Crippen molar-refractivity contribution in [1.82, 2.24) is 5.32 Å². The molecule has 3 nitrogen and oxygen atoms in total. The van der Waals surface area contributed by atoms with Crippen molar-refractivity contribution in [3.63, 3.8) is 0 Å². The second-order valence-corrected chi connectivity index (χ2v) is 6.34. The molecular formula is C16H21NO2S. The molecule has 1 amide bonds. The molecule has 1 aromatic rings. The summed E-state index contributed by atoms with van der Waals surface area (Å²) in [5, 5.41) is 12.9. The predicted octanol–water partition coefficient (Wildman–Crippen LogP) is 2.70. The average molecular weight is 291 g/mol. The molecule has 0 spiro atoms. The average Bonchev–Trinajstić information content (AvgIpc) is 3.28. The third-order valence-corrected chi connectivity index (χ3v) is 4.36. The summed E-state index contributed by atoms with van der Waals surface area (Å²) in [5.41, 5.74) is 0.218. The predicted molar refractivity (Wildman–Crippen MR) is 83.6 cm³/mol. The van der Waals surface area contributed by atoms with E-state index in [-0.39, 0.29) is 5.91 Å². The zero-order chi connectivity index (χ0) is 14.6. The van der Waals surface area contributed by atoms with Gasteiger partial charge in [-0.2, -0.15) is 0 Å². The van der Waals surface area contributed by atoms with Crippen molar-refractivity contribution in [2.45, 2.75) is 30.3 Å². The SMILES string of the molecule is CSc1ccc(/C=C/C(=O)NC[C@](C)(O)C2CC2)cc1. The number of carbonyl (C=O) groups is 1. The fraction of sp³-hybridized carbons (Fsp3) is 0.438. The highest BCUT2D eigenvalue weighted by molar-refractivity contribution is 7.98. The Morgan fingerprint density at radius 2 is 2.10 bits per heavy atom. The highest BCUT2D eigenvalue weighted by Crippen LogP contribution is 2.38. The lowest BCUT2D eigenvalue weighted by atomic mass is 10.0. The third kappa shape index (κ3) is 4.39. The number of hydrogen-bond acceptors (Lipinski definition) is 3. The van der Waals surface area contributed by atoms with Gasteiger partial charge in [0.1, 0.15) is 0 Å². The number of amides is 1. The maximum Gasteiger partial charge on any atom is 0.244 e. The zero-order valence-corrected chi connectivity index (χ0v) is 12.7. The molecule has 1 saturated carbocycles. The minimum absolute atomic E-state index is 0.167. The van der Waals surface area contributed by atoms with E-state index in [9.17, 15) is 9.90 Å². The fourth-order valence-corrected chi connectivity index (χ4v) is 2.47. The number of carbonyl (C=O) groups excluding carboxylic acids is 1. The van der Waals surface area contributed by atoms with Crippen molar-refractivity contribution in [3.05, 3.63) is 35.9 Å². The third-order valence-electron chi connectivity index (χ3n) is 3.62. The molecule has 0 unspecified atom stereocenters. The van der Waals surface area contributed by atoms with E-state index in [4.69, 9.17) is 0 Å². The molecule has 2 N–H and O–H groups in total. The van der Waals surface area contributed by atoms with E-state index in [0.29, 0.717) is 12.5 Å². The van der Waals surface area contributed by atoms with E-state index in [0.717, 1.165) is 18.4 Å². The lowest BCUT2D eigenvalue weighted by Crippen LogP contribution is -2.41. The van der Waals surface area contributed by atoms with Crippen LogP contribution in [0.4, 0.5) is 0 Å². The van der Waals surface area contributed by atoms with E-state index in [1.165, 1.54) is 11.0 Å². The topological polar surface area (TPSA) is 49.3 Å². The van der Waals surface area contributed by atoms with Gasteiger partial charge in [-0.05, 0) is 55.7 Å². The van der Waals surface area contributed by atoms with E-state index >= 15 is 0 Å². The number of aliphatic hydroxyl groups is 1. The van der Waals surface area contributed by atoms with E-state index in [1.807, 2.05) is 30.5 Å². The number of nitrogens with one attached hydrogen (secondary N) is 1. The molecule has 1 aliphatic carbocycles. The first-order valence-electron chi connectivity index (χ1n) is 6.83. The van der Waals surface area contributed by atoms with Crippen LogP contribution in [0.25, 0.3) is 6.08 Å². The van der Waals surface area contributed by atoms with E-state index in [2.05, 4.69) is 5.32 Å². The minimum Gasteiger partial charge on any atom is -0.388 e. The van der Waals surface area contributed by atoms with Gasteiger partial charge in [0.15, 0.2) is 0 Å². The first kappa shape index (κ1) is 15.1. The summed E-state index contributed by atoms with van der Waals surface area (Å²) in [6.07, 6.45) is 7.44. The summed E-state index contributed by atoms with van der Waals surface area (Å²) >= 11 is 1.69. The first-order chi connectivity index (χ1) is 9.51. The van der Waals surface area contributed by atoms with Crippen molar-refractivity contribution in [2.75, 3.05) is 12.8 Å². The summed E-state index contributed by atoms with van der Waals surface area (Å²) in [6, 6.07) is 8.02. The van der Waals surface area contributed by atoms with Gasteiger partial charge in [-0.1, -0.05) is 12.1 Å².